The molecular weight excluding hydrogens is 360 g/mol. The van der Waals surface area contributed by atoms with Gasteiger partial charge < -0.3 is 19.3 Å². The highest BCUT2D eigenvalue weighted by atomic mass is 16.5. The van der Waals surface area contributed by atoms with Gasteiger partial charge >= 0.3 is 0 Å². The van der Waals surface area contributed by atoms with Crippen LogP contribution in [0.1, 0.15) is 74.7 Å². The molecule has 2 heterocycles. The lowest BCUT2D eigenvalue weighted by Crippen LogP contribution is -2.48. The van der Waals surface area contributed by atoms with E-state index in [2.05, 4.69) is 58.4 Å². The molecule has 4 unspecified atom stereocenters. The Kier molecular flexibility index (Phi) is 15.5. The van der Waals surface area contributed by atoms with Crippen molar-refractivity contribution in [2.24, 2.45) is 23.7 Å². The smallest absolute Gasteiger partial charge is 0.0626 e. The molecule has 4 heteroatoms. The molecule has 0 aromatic heterocycles. The van der Waals surface area contributed by atoms with Crippen LogP contribution in [0.4, 0.5) is 0 Å². The van der Waals surface area contributed by atoms with Crippen molar-refractivity contribution in [2.45, 2.75) is 92.8 Å². The summed E-state index contributed by atoms with van der Waals surface area (Å²) >= 11 is 0. The van der Waals surface area contributed by atoms with Gasteiger partial charge in [-0.15, -0.1) is 0 Å². The van der Waals surface area contributed by atoms with E-state index in [1.165, 1.54) is 38.9 Å². The molecule has 2 saturated heterocycles. The summed E-state index contributed by atoms with van der Waals surface area (Å²) < 4.78 is 10.8. The second-order valence-corrected chi connectivity index (χ2v) is 9.69. The molecule has 0 spiro atoms. The van der Waals surface area contributed by atoms with Gasteiger partial charge in [0.15, 0.2) is 0 Å². The average Bonchev–Trinajstić information content (AvgIpc) is 2.70. The molecule has 0 aliphatic carbocycles. The first-order valence-corrected chi connectivity index (χ1v) is 12.2. The number of nitrogens with zero attached hydrogens (tertiary/aromatic N) is 2. The number of likely N-dealkylation sites (N-methyl/N-ethyl adjacent to an activating group) is 1. The molecule has 0 saturated carbocycles. The van der Waals surface area contributed by atoms with E-state index in [-0.39, 0.29) is 0 Å². The molecule has 0 aromatic rings. The van der Waals surface area contributed by atoms with Crippen LogP contribution in [0.5, 0.6) is 0 Å². The van der Waals surface area contributed by atoms with Gasteiger partial charge in [-0.05, 0) is 57.9 Å². The van der Waals surface area contributed by atoms with Gasteiger partial charge in [-0.25, -0.2) is 0 Å². The Morgan fingerprint density at radius 2 is 1.48 bits per heavy atom. The summed E-state index contributed by atoms with van der Waals surface area (Å²) in [4.78, 5) is 5.03. The third-order valence-corrected chi connectivity index (χ3v) is 6.83. The predicted molar refractivity (Wildman–Crippen MR) is 128 cm³/mol. The van der Waals surface area contributed by atoms with Crippen LogP contribution in [0.25, 0.3) is 0 Å². The number of piperidine rings is 2. The first-order valence-electron chi connectivity index (χ1n) is 12.2. The van der Waals surface area contributed by atoms with E-state index < -0.39 is 0 Å². The van der Waals surface area contributed by atoms with Gasteiger partial charge in [-0.1, -0.05) is 41.5 Å². The zero-order valence-corrected chi connectivity index (χ0v) is 21.7. The molecule has 0 amide bonds. The number of methoxy groups -OCH3 is 2. The Hall–Kier alpha value is -0.160. The van der Waals surface area contributed by atoms with E-state index in [1.54, 1.807) is 7.11 Å². The van der Waals surface area contributed by atoms with E-state index in [0.717, 1.165) is 24.4 Å². The molecule has 4 nitrogen and oxygen atoms in total. The Balaban J connectivity index is 0.000000499. The van der Waals surface area contributed by atoms with Gasteiger partial charge in [0.1, 0.15) is 0 Å². The summed E-state index contributed by atoms with van der Waals surface area (Å²) in [5.41, 5.74) is 0. The van der Waals surface area contributed by atoms with Crippen molar-refractivity contribution >= 4 is 0 Å². The SMILES string of the molecule is CC.COC1CCN(C(C)C)CC1C(C)C.COCC1CCC(C(C)C)CN1C. The van der Waals surface area contributed by atoms with Crippen LogP contribution < -0.4 is 0 Å². The zero-order chi connectivity index (χ0) is 22.6. The summed E-state index contributed by atoms with van der Waals surface area (Å²) in [5.74, 6) is 3.14. The van der Waals surface area contributed by atoms with E-state index in [0.29, 0.717) is 24.1 Å². The molecule has 0 radical (unpaired) electrons. The Labute approximate surface area is 183 Å². The summed E-state index contributed by atoms with van der Waals surface area (Å²) in [6.07, 6.45) is 4.34. The van der Waals surface area contributed by atoms with Crippen LogP contribution in [0.15, 0.2) is 0 Å². The Morgan fingerprint density at radius 3 is 1.90 bits per heavy atom. The van der Waals surface area contributed by atoms with E-state index in [1.807, 2.05) is 21.0 Å². The fourth-order valence-corrected chi connectivity index (χ4v) is 4.57. The molecule has 0 bridgehead atoms. The lowest BCUT2D eigenvalue weighted by atomic mass is 9.85. The lowest BCUT2D eigenvalue weighted by molar-refractivity contribution is -0.0311. The van der Waals surface area contributed by atoms with Crippen LogP contribution in [0.2, 0.25) is 0 Å². The van der Waals surface area contributed by atoms with Crippen LogP contribution in [0.3, 0.4) is 0 Å². The summed E-state index contributed by atoms with van der Waals surface area (Å²) in [6.45, 7) is 22.4. The number of rotatable bonds is 6. The first kappa shape index (κ1) is 28.8. The molecule has 0 aromatic carbocycles. The molecular formula is C25H54N2O2. The highest BCUT2D eigenvalue weighted by Gasteiger charge is 2.32. The molecule has 2 rings (SSSR count). The quantitative estimate of drug-likeness (QED) is 0.580. The van der Waals surface area contributed by atoms with Crippen molar-refractivity contribution in [1.29, 1.82) is 0 Å². The topological polar surface area (TPSA) is 24.9 Å². The van der Waals surface area contributed by atoms with Gasteiger partial charge in [-0.2, -0.15) is 0 Å². The maximum atomic E-state index is 5.57. The molecule has 0 N–H and O–H groups in total. The van der Waals surface area contributed by atoms with Gasteiger partial charge in [0.2, 0.25) is 0 Å². The van der Waals surface area contributed by atoms with E-state index in [4.69, 9.17) is 9.47 Å². The summed E-state index contributed by atoms with van der Waals surface area (Å²) in [5, 5.41) is 0. The average molecular weight is 415 g/mol. The summed E-state index contributed by atoms with van der Waals surface area (Å²) in [6, 6.07) is 1.33. The summed E-state index contributed by atoms with van der Waals surface area (Å²) in [7, 11) is 5.87. The third-order valence-electron chi connectivity index (χ3n) is 6.83. The molecule has 2 aliphatic heterocycles. The number of hydrogen-bond donors (Lipinski definition) is 0. The van der Waals surface area contributed by atoms with Crippen molar-refractivity contribution in [3.8, 4) is 0 Å². The van der Waals surface area contributed by atoms with Crippen LogP contribution in [0, 0.1) is 23.7 Å². The normalized spacial score (nSPS) is 28.8. The van der Waals surface area contributed by atoms with Gasteiger partial charge in [0.05, 0.1) is 12.7 Å². The van der Waals surface area contributed by atoms with Crippen molar-refractivity contribution in [3.05, 3.63) is 0 Å². The highest BCUT2D eigenvalue weighted by molar-refractivity contribution is 4.84. The molecule has 2 fully saturated rings. The monoisotopic (exact) mass is 414 g/mol. The van der Waals surface area contributed by atoms with Crippen molar-refractivity contribution in [3.63, 3.8) is 0 Å². The Morgan fingerprint density at radius 1 is 0.862 bits per heavy atom. The van der Waals surface area contributed by atoms with Gasteiger partial charge in [-0.3, -0.25) is 0 Å². The van der Waals surface area contributed by atoms with Crippen molar-refractivity contribution in [1.82, 2.24) is 9.80 Å². The molecule has 2 aliphatic rings. The van der Waals surface area contributed by atoms with Gasteiger partial charge in [0.25, 0.3) is 0 Å². The maximum Gasteiger partial charge on any atom is 0.0626 e. The predicted octanol–water partition coefficient (Wildman–Crippen LogP) is 5.41. The van der Waals surface area contributed by atoms with Crippen LogP contribution >= 0.6 is 0 Å². The van der Waals surface area contributed by atoms with E-state index >= 15 is 0 Å². The minimum atomic E-state index is 0.477. The van der Waals surface area contributed by atoms with Crippen LogP contribution in [-0.2, 0) is 9.47 Å². The third kappa shape index (κ3) is 10.1. The minimum absolute atomic E-state index is 0.477. The van der Waals surface area contributed by atoms with Crippen molar-refractivity contribution in [2.75, 3.05) is 47.5 Å². The molecule has 29 heavy (non-hydrogen) atoms. The first-order chi connectivity index (χ1) is 13.7. The Bertz CT molecular complexity index is 387. The number of ether oxygens (including phenoxy) is 2. The molecule has 4 atom stereocenters. The number of likely N-dealkylation sites (tertiary alicyclic amines) is 2. The molecule has 176 valence electrons. The van der Waals surface area contributed by atoms with E-state index in [9.17, 15) is 0 Å². The van der Waals surface area contributed by atoms with Crippen LogP contribution in [-0.4, -0.2) is 75.5 Å². The second-order valence-electron chi connectivity index (χ2n) is 9.69. The lowest BCUT2D eigenvalue weighted by Gasteiger charge is -2.41. The second kappa shape index (κ2) is 15.6. The highest BCUT2D eigenvalue weighted by Crippen LogP contribution is 2.27. The van der Waals surface area contributed by atoms with Gasteiger partial charge in [0, 0.05) is 51.9 Å². The zero-order valence-electron chi connectivity index (χ0n) is 21.7. The standard InChI is InChI=1S/C12H25NO.C11H23NO.C2H6/c1-9(2)11-8-13(10(3)4)7-6-12(11)14-5;1-9(2)10-5-6-11(8-13-4)12(3)7-10;1-2/h9-12H,6-8H2,1-5H3;9-11H,5-8H2,1-4H3;1-2H3. The largest absolute Gasteiger partial charge is 0.383 e. The maximum absolute atomic E-state index is 5.57. The van der Waals surface area contributed by atoms with Crippen molar-refractivity contribution < 1.29 is 9.47 Å². The fraction of sp³-hybridized carbons (Fsp3) is 1.00. The fourth-order valence-electron chi connectivity index (χ4n) is 4.57. The number of hydrogen-bond acceptors (Lipinski definition) is 4. The minimum Gasteiger partial charge on any atom is -0.383 e.